The van der Waals surface area contributed by atoms with Crippen LogP contribution < -0.4 is 28.5 Å². The third kappa shape index (κ3) is 3.26. The first kappa shape index (κ1) is 13.4. The summed E-state index contributed by atoms with van der Waals surface area (Å²) in [6, 6.07) is 6.98. The monoisotopic (exact) mass is 307 g/mol. The first-order chi connectivity index (χ1) is 5.91. The van der Waals surface area contributed by atoms with E-state index in [-0.39, 0.29) is 24.0 Å². The Morgan fingerprint density at radius 2 is 1.86 bits per heavy atom. The summed E-state index contributed by atoms with van der Waals surface area (Å²) in [5.41, 5.74) is 1.32. The minimum Gasteiger partial charge on any atom is -1.00 e. The Morgan fingerprint density at radius 3 is 2.29 bits per heavy atom. The van der Waals surface area contributed by atoms with Gasteiger partial charge in [0.15, 0.2) is 0 Å². The predicted octanol–water partition coefficient (Wildman–Crippen LogP) is -1.41. The van der Waals surface area contributed by atoms with Crippen molar-refractivity contribution in [1.82, 2.24) is 4.48 Å². The second-order valence-electron chi connectivity index (χ2n) is 3.87. The zero-order valence-electron chi connectivity index (χ0n) is 8.49. The Balaban J connectivity index is 0.00000169. The summed E-state index contributed by atoms with van der Waals surface area (Å²) in [6.07, 6.45) is 0. The van der Waals surface area contributed by atoms with Crippen LogP contribution >= 0.6 is 0 Å². The fraction of sp³-hybridized carbons (Fsp3) is 0.300. The number of hydrogen-bond donors (Lipinski definition) is 1. The van der Waals surface area contributed by atoms with Crippen molar-refractivity contribution in [3.05, 3.63) is 29.8 Å². The maximum atomic E-state index is 10.7. The molecule has 0 saturated heterocycles. The number of carbonyl (C=O) groups is 1. The molecule has 0 radical (unpaired) electrons. The molecule has 0 saturated carbocycles. The van der Waals surface area contributed by atoms with Gasteiger partial charge in [-0.25, -0.2) is 4.79 Å². The molecule has 0 amide bonds. The SMILES string of the molecule is C[N+](C)(C)c1cccc(C(=O)O)c1.[I-]. The lowest BCUT2D eigenvalue weighted by Gasteiger charge is -2.23. The van der Waals surface area contributed by atoms with E-state index in [1.165, 1.54) is 0 Å². The number of benzene rings is 1. The molecule has 1 N–H and O–H groups in total. The van der Waals surface area contributed by atoms with Crippen molar-refractivity contribution in [3.63, 3.8) is 0 Å². The van der Waals surface area contributed by atoms with Gasteiger partial charge in [-0.05, 0) is 12.1 Å². The van der Waals surface area contributed by atoms with E-state index in [2.05, 4.69) is 0 Å². The summed E-state index contributed by atoms with van der Waals surface area (Å²) in [7, 11) is 6.00. The number of rotatable bonds is 2. The first-order valence-corrected chi connectivity index (χ1v) is 4.06. The second kappa shape index (κ2) is 4.75. The minimum atomic E-state index is -0.879. The summed E-state index contributed by atoms with van der Waals surface area (Å²) < 4.78 is 0.626. The number of hydrogen-bond acceptors (Lipinski definition) is 1. The predicted molar refractivity (Wildman–Crippen MR) is 53.0 cm³/mol. The second-order valence-corrected chi connectivity index (χ2v) is 3.87. The van der Waals surface area contributed by atoms with E-state index in [1.54, 1.807) is 18.2 Å². The highest BCUT2D eigenvalue weighted by Gasteiger charge is 2.13. The van der Waals surface area contributed by atoms with E-state index in [0.717, 1.165) is 5.69 Å². The van der Waals surface area contributed by atoms with Gasteiger partial charge in [0.05, 0.1) is 26.7 Å². The van der Waals surface area contributed by atoms with Crippen LogP contribution in [0.25, 0.3) is 0 Å². The van der Waals surface area contributed by atoms with Crippen molar-refractivity contribution < 1.29 is 33.9 Å². The molecule has 3 nitrogen and oxygen atoms in total. The zero-order chi connectivity index (χ0) is 10.1. The van der Waals surface area contributed by atoms with Gasteiger partial charge in [0.25, 0.3) is 0 Å². The van der Waals surface area contributed by atoms with Crippen LogP contribution in [0.3, 0.4) is 0 Å². The lowest BCUT2D eigenvalue weighted by molar-refractivity contribution is -0.0000185. The largest absolute Gasteiger partial charge is 1.00 e. The van der Waals surface area contributed by atoms with Crippen LogP contribution in [0, 0.1) is 0 Å². The number of nitrogens with zero attached hydrogens (tertiary/aromatic N) is 1. The van der Waals surface area contributed by atoms with Gasteiger partial charge in [-0.3, -0.25) is 4.48 Å². The summed E-state index contributed by atoms with van der Waals surface area (Å²) in [4.78, 5) is 10.7. The Labute approximate surface area is 101 Å². The van der Waals surface area contributed by atoms with E-state index < -0.39 is 5.97 Å². The molecule has 4 heteroatoms. The van der Waals surface area contributed by atoms with Crippen LogP contribution in [0.2, 0.25) is 0 Å². The molecule has 0 heterocycles. The number of aromatic carboxylic acids is 1. The van der Waals surface area contributed by atoms with Gasteiger partial charge in [0, 0.05) is 6.07 Å². The molecule has 1 aromatic rings. The average molecular weight is 307 g/mol. The summed E-state index contributed by atoms with van der Waals surface area (Å²) >= 11 is 0. The molecule has 0 aliphatic heterocycles. The molecule has 0 aliphatic rings. The van der Waals surface area contributed by atoms with E-state index in [9.17, 15) is 4.79 Å². The molecule has 0 atom stereocenters. The number of halogens is 1. The van der Waals surface area contributed by atoms with Crippen molar-refractivity contribution in [2.75, 3.05) is 21.1 Å². The molecule has 78 valence electrons. The Morgan fingerprint density at radius 1 is 1.29 bits per heavy atom. The van der Waals surface area contributed by atoms with Crippen LogP contribution in [0.15, 0.2) is 24.3 Å². The summed E-state index contributed by atoms with van der Waals surface area (Å²) in [5.74, 6) is -0.879. The van der Waals surface area contributed by atoms with Crippen LogP contribution in [0.1, 0.15) is 10.4 Å². The van der Waals surface area contributed by atoms with Crippen molar-refractivity contribution in [2.45, 2.75) is 0 Å². The van der Waals surface area contributed by atoms with Crippen molar-refractivity contribution in [1.29, 1.82) is 0 Å². The fourth-order valence-corrected chi connectivity index (χ4v) is 1.06. The highest BCUT2D eigenvalue weighted by molar-refractivity contribution is 5.88. The molecule has 0 aromatic heterocycles. The van der Waals surface area contributed by atoms with E-state index in [4.69, 9.17) is 5.11 Å². The Kier molecular flexibility index (Phi) is 4.54. The van der Waals surface area contributed by atoms with Crippen LogP contribution in [-0.2, 0) is 0 Å². The normalized spacial score (nSPS) is 10.5. The third-order valence-corrected chi connectivity index (χ3v) is 1.87. The highest BCUT2D eigenvalue weighted by atomic mass is 127. The number of carboxylic acid groups (broad SMARTS) is 1. The number of carboxylic acids is 1. The topological polar surface area (TPSA) is 37.3 Å². The van der Waals surface area contributed by atoms with Crippen LogP contribution in [-0.4, -0.2) is 32.2 Å². The van der Waals surface area contributed by atoms with Gasteiger partial charge in [0.2, 0.25) is 0 Å². The molecule has 0 fully saturated rings. The maximum absolute atomic E-state index is 10.7. The molecule has 14 heavy (non-hydrogen) atoms. The lowest BCUT2D eigenvalue weighted by Crippen LogP contribution is -3.00. The summed E-state index contributed by atoms with van der Waals surface area (Å²) in [5, 5.41) is 8.77. The van der Waals surface area contributed by atoms with Crippen LogP contribution in [0.5, 0.6) is 0 Å². The van der Waals surface area contributed by atoms with Crippen molar-refractivity contribution >= 4 is 11.7 Å². The molecule has 1 rings (SSSR count). The van der Waals surface area contributed by atoms with E-state index in [0.29, 0.717) is 10.0 Å². The first-order valence-electron chi connectivity index (χ1n) is 4.06. The quantitative estimate of drug-likeness (QED) is 0.538. The van der Waals surface area contributed by atoms with Gasteiger partial charge in [-0.15, -0.1) is 0 Å². The molecular weight excluding hydrogens is 293 g/mol. The smallest absolute Gasteiger partial charge is 0.335 e. The van der Waals surface area contributed by atoms with Crippen LogP contribution in [0.4, 0.5) is 5.69 Å². The fourth-order valence-electron chi connectivity index (χ4n) is 1.06. The van der Waals surface area contributed by atoms with E-state index >= 15 is 0 Å². The minimum absolute atomic E-state index is 0. The van der Waals surface area contributed by atoms with Gasteiger partial charge < -0.3 is 29.1 Å². The molecule has 0 unspecified atom stereocenters. The molecule has 1 aromatic carbocycles. The maximum Gasteiger partial charge on any atom is 0.335 e. The van der Waals surface area contributed by atoms with Gasteiger partial charge in [0.1, 0.15) is 5.69 Å². The van der Waals surface area contributed by atoms with Gasteiger partial charge in [-0.1, -0.05) is 6.07 Å². The standard InChI is InChI=1S/C10H13NO2.HI/c1-11(2,3)9-6-4-5-8(7-9)10(12)13;/h4-7H,1-3H3;1H. The molecule has 0 aliphatic carbocycles. The Bertz CT molecular complexity index is 331. The average Bonchev–Trinajstić information content (AvgIpc) is 2.03. The molecule has 0 bridgehead atoms. The van der Waals surface area contributed by atoms with Crippen molar-refractivity contribution in [3.8, 4) is 0 Å². The number of quaternary nitrogens is 1. The van der Waals surface area contributed by atoms with Gasteiger partial charge >= 0.3 is 5.97 Å². The third-order valence-electron chi connectivity index (χ3n) is 1.87. The van der Waals surface area contributed by atoms with E-state index in [1.807, 2.05) is 27.2 Å². The summed E-state index contributed by atoms with van der Waals surface area (Å²) in [6.45, 7) is 0. The van der Waals surface area contributed by atoms with Crippen molar-refractivity contribution in [2.24, 2.45) is 0 Å². The van der Waals surface area contributed by atoms with Gasteiger partial charge in [-0.2, -0.15) is 0 Å². The zero-order valence-corrected chi connectivity index (χ0v) is 10.6. The lowest BCUT2D eigenvalue weighted by atomic mass is 10.2. The molecule has 0 spiro atoms. The molecular formula is C10H14INO2. The highest BCUT2D eigenvalue weighted by Crippen LogP contribution is 2.17. The Hall–Kier alpha value is -0.620.